The van der Waals surface area contributed by atoms with E-state index >= 15 is 0 Å². The molecule has 3 rings (SSSR count). The summed E-state index contributed by atoms with van der Waals surface area (Å²) in [4.78, 5) is 13.7. The molecule has 0 saturated carbocycles. The van der Waals surface area contributed by atoms with E-state index in [-0.39, 0.29) is 16.1 Å². The van der Waals surface area contributed by atoms with Crippen LogP contribution in [0.1, 0.15) is 13.3 Å². The Kier molecular flexibility index (Phi) is 7.89. The predicted molar refractivity (Wildman–Crippen MR) is 129 cm³/mol. The molecular weight excluding hydrogens is 475 g/mol. The molecule has 31 heavy (non-hydrogen) atoms. The molecule has 0 radical (unpaired) electrons. The normalized spacial score (nSPS) is 12.2. The molecule has 0 aliphatic heterocycles. The molecule has 5 nitrogen and oxygen atoms in total. The molecule has 162 valence electrons. The smallest absolute Gasteiger partial charge is 0.261 e. The number of carbonyl (C=O) groups is 1. The zero-order chi connectivity index (χ0) is 22.4. The van der Waals surface area contributed by atoms with E-state index in [1.54, 1.807) is 48.5 Å². The lowest BCUT2D eigenvalue weighted by Crippen LogP contribution is -2.24. The molecule has 3 aromatic carbocycles. The molecule has 0 heterocycles. The molecule has 0 aromatic heterocycles. The van der Waals surface area contributed by atoms with Crippen molar-refractivity contribution >= 4 is 62.3 Å². The van der Waals surface area contributed by atoms with Crippen molar-refractivity contribution in [3.05, 3.63) is 82.8 Å². The molecule has 0 bridgehead atoms. The SMILES string of the molecule is CCC(Sc1ccc(Cl)cc1)C(=O)Nc1ccc(S(=O)(=O)Nc2ccccc2Cl)cc1. The molecule has 1 unspecified atom stereocenters. The fourth-order valence-electron chi connectivity index (χ4n) is 2.69. The summed E-state index contributed by atoms with van der Waals surface area (Å²) in [5, 5.41) is 3.48. The van der Waals surface area contributed by atoms with E-state index in [1.807, 2.05) is 19.1 Å². The maximum absolute atomic E-state index is 12.7. The molecule has 0 aliphatic rings. The van der Waals surface area contributed by atoms with Gasteiger partial charge in [0.15, 0.2) is 0 Å². The summed E-state index contributed by atoms with van der Waals surface area (Å²) in [6, 6.07) is 19.9. The number of halogens is 2. The van der Waals surface area contributed by atoms with Gasteiger partial charge < -0.3 is 5.32 Å². The van der Waals surface area contributed by atoms with Gasteiger partial charge in [-0.3, -0.25) is 9.52 Å². The second-order valence-electron chi connectivity index (χ2n) is 6.57. The third kappa shape index (κ3) is 6.40. The number of thioether (sulfide) groups is 1. The van der Waals surface area contributed by atoms with Gasteiger partial charge in [0.25, 0.3) is 10.0 Å². The van der Waals surface area contributed by atoms with Gasteiger partial charge in [-0.1, -0.05) is 42.3 Å². The first kappa shape index (κ1) is 23.5. The first-order valence-corrected chi connectivity index (χ1v) is 12.5. The van der Waals surface area contributed by atoms with Crippen LogP contribution in [-0.4, -0.2) is 19.6 Å². The highest BCUT2D eigenvalue weighted by Gasteiger charge is 2.19. The van der Waals surface area contributed by atoms with E-state index in [0.717, 1.165) is 4.90 Å². The van der Waals surface area contributed by atoms with Crippen LogP contribution in [0.5, 0.6) is 0 Å². The Bertz CT molecular complexity index is 1150. The molecule has 0 saturated heterocycles. The van der Waals surface area contributed by atoms with Gasteiger partial charge in [-0.15, -0.1) is 11.8 Å². The first-order chi connectivity index (χ1) is 14.8. The Morgan fingerprint density at radius 3 is 2.23 bits per heavy atom. The van der Waals surface area contributed by atoms with Crippen molar-refractivity contribution in [2.24, 2.45) is 0 Å². The van der Waals surface area contributed by atoms with Crippen molar-refractivity contribution < 1.29 is 13.2 Å². The van der Waals surface area contributed by atoms with Gasteiger partial charge in [0.1, 0.15) is 0 Å². The largest absolute Gasteiger partial charge is 0.325 e. The van der Waals surface area contributed by atoms with Gasteiger partial charge in [0.2, 0.25) is 5.91 Å². The van der Waals surface area contributed by atoms with Gasteiger partial charge >= 0.3 is 0 Å². The van der Waals surface area contributed by atoms with Gasteiger partial charge in [-0.05, 0) is 67.1 Å². The van der Waals surface area contributed by atoms with E-state index in [9.17, 15) is 13.2 Å². The number of nitrogens with one attached hydrogen (secondary N) is 2. The van der Waals surface area contributed by atoms with E-state index < -0.39 is 10.0 Å². The summed E-state index contributed by atoms with van der Waals surface area (Å²) < 4.78 is 27.7. The first-order valence-electron chi connectivity index (χ1n) is 9.39. The number of sulfonamides is 1. The van der Waals surface area contributed by atoms with Crippen molar-refractivity contribution in [3.8, 4) is 0 Å². The molecule has 0 aliphatic carbocycles. The lowest BCUT2D eigenvalue weighted by molar-refractivity contribution is -0.115. The number of carbonyl (C=O) groups excluding carboxylic acids is 1. The van der Waals surface area contributed by atoms with Crippen molar-refractivity contribution in [1.29, 1.82) is 0 Å². The van der Waals surface area contributed by atoms with E-state index in [1.165, 1.54) is 23.9 Å². The van der Waals surface area contributed by atoms with Crippen molar-refractivity contribution in [1.82, 2.24) is 0 Å². The maximum Gasteiger partial charge on any atom is 0.261 e. The van der Waals surface area contributed by atoms with Crippen LogP contribution < -0.4 is 10.0 Å². The van der Waals surface area contributed by atoms with Gasteiger partial charge in [-0.2, -0.15) is 0 Å². The summed E-state index contributed by atoms with van der Waals surface area (Å²) >= 11 is 13.4. The third-order valence-corrected chi connectivity index (χ3v) is 7.64. The van der Waals surface area contributed by atoms with Crippen molar-refractivity contribution in [3.63, 3.8) is 0 Å². The Balaban J connectivity index is 1.67. The zero-order valence-electron chi connectivity index (χ0n) is 16.5. The minimum absolute atomic E-state index is 0.0630. The van der Waals surface area contributed by atoms with Gasteiger partial charge in [0.05, 0.1) is 20.9 Å². The topological polar surface area (TPSA) is 75.3 Å². The van der Waals surface area contributed by atoms with Crippen molar-refractivity contribution in [2.45, 2.75) is 28.4 Å². The Hall–Kier alpha value is -2.19. The summed E-state index contributed by atoms with van der Waals surface area (Å²) in [6.07, 6.45) is 0.632. The fraction of sp³-hybridized carbons (Fsp3) is 0.136. The van der Waals surface area contributed by atoms with Gasteiger partial charge in [0, 0.05) is 15.6 Å². The zero-order valence-corrected chi connectivity index (χ0v) is 19.7. The molecule has 2 N–H and O–H groups in total. The monoisotopic (exact) mass is 494 g/mol. The van der Waals surface area contributed by atoms with Crippen LogP contribution in [-0.2, 0) is 14.8 Å². The second-order valence-corrected chi connectivity index (χ2v) is 10.4. The Labute approximate surface area is 196 Å². The standard InChI is InChI=1S/C22H20Cl2N2O3S2/c1-2-21(30-17-11-7-15(23)8-12-17)22(27)25-16-9-13-18(14-10-16)31(28,29)26-20-6-4-3-5-19(20)24/h3-14,21,26H,2H2,1H3,(H,25,27). The Morgan fingerprint density at radius 2 is 1.61 bits per heavy atom. The molecule has 0 fully saturated rings. The number of benzene rings is 3. The number of amides is 1. The van der Waals surface area contributed by atoms with Crippen LogP contribution in [0.25, 0.3) is 0 Å². The van der Waals surface area contributed by atoms with Crippen LogP contribution in [0.4, 0.5) is 11.4 Å². The number of anilines is 2. The average Bonchev–Trinajstić information content (AvgIpc) is 2.75. The van der Waals surface area contributed by atoms with E-state index in [0.29, 0.717) is 27.8 Å². The molecule has 1 amide bonds. The quantitative estimate of drug-likeness (QED) is 0.360. The van der Waals surface area contributed by atoms with Crippen LogP contribution in [0.15, 0.2) is 82.6 Å². The van der Waals surface area contributed by atoms with Crippen LogP contribution in [0.2, 0.25) is 10.0 Å². The van der Waals surface area contributed by atoms with Crippen LogP contribution in [0, 0.1) is 0 Å². The highest BCUT2D eigenvalue weighted by molar-refractivity contribution is 8.00. The van der Waals surface area contributed by atoms with Crippen LogP contribution >= 0.6 is 35.0 Å². The number of hydrogen-bond donors (Lipinski definition) is 2. The molecule has 3 aromatic rings. The Morgan fingerprint density at radius 1 is 0.968 bits per heavy atom. The van der Waals surface area contributed by atoms with Gasteiger partial charge in [-0.25, -0.2) is 8.42 Å². The van der Waals surface area contributed by atoms with E-state index in [4.69, 9.17) is 23.2 Å². The van der Waals surface area contributed by atoms with Crippen LogP contribution in [0.3, 0.4) is 0 Å². The minimum Gasteiger partial charge on any atom is -0.325 e. The van der Waals surface area contributed by atoms with Crippen molar-refractivity contribution in [2.75, 3.05) is 10.0 Å². The molecule has 9 heteroatoms. The molecular formula is C22H20Cl2N2O3S2. The number of rotatable bonds is 8. The van der Waals surface area contributed by atoms with E-state index in [2.05, 4.69) is 10.0 Å². The third-order valence-electron chi connectivity index (χ3n) is 4.31. The second kappa shape index (κ2) is 10.4. The number of para-hydroxylation sites is 1. The fourth-order valence-corrected chi connectivity index (χ4v) is 5.09. The summed E-state index contributed by atoms with van der Waals surface area (Å²) in [6.45, 7) is 1.93. The lowest BCUT2D eigenvalue weighted by atomic mass is 10.3. The molecule has 1 atom stereocenters. The minimum atomic E-state index is -3.81. The average molecular weight is 495 g/mol. The summed E-state index contributed by atoms with van der Waals surface area (Å²) in [5.41, 5.74) is 0.809. The highest BCUT2D eigenvalue weighted by Crippen LogP contribution is 2.28. The maximum atomic E-state index is 12.7. The highest BCUT2D eigenvalue weighted by atomic mass is 35.5. The lowest BCUT2D eigenvalue weighted by Gasteiger charge is -2.15. The predicted octanol–water partition coefficient (Wildman–Crippen LogP) is 6.30. The summed E-state index contributed by atoms with van der Waals surface area (Å²) in [5.74, 6) is -0.160. The summed E-state index contributed by atoms with van der Waals surface area (Å²) in [7, 11) is -3.81. The number of hydrogen-bond acceptors (Lipinski definition) is 4. The molecule has 0 spiro atoms.